The summed E-state index contributed by atoms with van der Waals surface area (Å²) < 4.78 is 5.32. The minimum Gasteiger partial charge on any atom is -0.484 e. The lowest BCUT2D eigenvalue weighted by atomic mass is 10.2. The van der Waals surface area contributed by atoms with Gasteiger partial charge >= 0.3 is 0 Å². The molecule has 1 aromatic rings. The summed E-state index contributed by atoms with van der Waals surface area (Å²) in [6, 6.07) is 6.83. The highest BCUT2D eigenvalue weighted by molar-refractivity contribution is 7.99. The van der Waals surface area contributed by atoms with Gasteiger partial charge in [0.25, 0.3) is 5.91 Å². The largest absolute Gasteiger partial charge is 0.484 e. The number of carbonyl (C=O) groups is 2. The van der Waals surface area contributed by atoms with E-state index in [-0.39, 0.29) is 24.5 Å². The Morgan fingerprint density at radius 1 is 1.50 bits per heavy atom. The molecule has 1 heterocycles. The Bertz CT molecular complexity index is 490. The van der Waals surface area contributed by atoms with Crippen molar-refractivity contribution in [1.29, 1.82) is 0 Å². The number of hydrogen-bond acceptors (Lipinski definition) is 5. The third-order valence-electron chi connectivity index (χ3n) is 2.78. The van der Waals surface area contributed by atoms with Crippen LogP contribution in [0.1, 0.15) is 0 Å². The molecule has 20 heavy (non-hydrogen) atoms. The van der Waals surface area contributed by atoms with E-state index in [0.29, 0.717) is 11.4 Å². The molecular weight excluding hydrogens is 278 g/mol. The molecule has 7 heteroatoms. The lowest BCUT2D eigenvalue weighted by Gasteiger charge is -2.11. The lowest BCUT2D eigenvalue weighted by molar-refractivity contribution is -0.122. The van der Waals surface area contributed by atoms with Gasteiger partial charge in [0, 0.05) is 30.4 Å². The Morgan fingerprint density at radius 2 is 2.35 bits per heavy atom. The number of anilines is 1. The summed E-state index contributed by atoms with van der Waals surface area (Å²) in [7, 11) is 1.55. The highest BCUT2D eigenvalue weighted by Gasteiger charge is 2.22. The molecule has 2 amide bonds. The minimum absolute atomic E-state index is 0.0469. The Labute approximate surface area is 121 Å². The van der Waals surface area contributed by atoms with E-state index in [1.165, 1.54) is 0 Å². The summed E-state index contributed by atoms with van der Waals surface area (Å²) in [6.07, 6.45) is 0. The van der Waals surface area contributed by atoms with E-state index in [4.69, 9.17) is 4.74 Å². The summed E-state index contributed by atoms with van der Waals surface area (Å²) in [5.74, 6) is 1.86. The Balaban J connectivity index is 1.91. The molecule has 3 N–H and O–H groups in total. The van der Waals surface area contributed by atoms with Crippen molar-refractivity contribution in [3.63, 3.8) is 0 Å². The minimum atomic E-state index is -0.202. The average molecular weight is 295 g/mol. The average Bonchev–Trinajstić information content (AvgIpc) is 2.99. The molecule has 0 saturated carbocycles. The number of ether oxygens (including phenoxy) is 1. The molecule has 6 nitrogen and oxygen atoms in total. The second kappa shape index (κ2) is 7.16. The zero-order valence-electron chi connectivity index (χ0n) is 11.1. The third kappa shape index (κ3) is 4.14. The van der Waals surface area contributed by atoms with Gasteiger partial charge in [-0.3, -0.25) is 14.9 Å². The summed E-state index contributed by atoms with van der Waals surface area (Å²) in [4.78, 5) is 23.1. The van der Waals surface area contributed by atoms with Crippen molar-refractivity contribution in [3.05, 3.63) is 24.3 Å². The van der Waals surface area contributed by atoms with Gasteiger partial charge in [-0.2, -0.15) is 0 Å². The first-order valence-electron chi connectivity index (χ1n) is 6.24. The number of carbonyl (C=O) groups excluding carboxylic acids is 2. The van der Waals surface area contributed by atoms with Crippen LogP contribution in [0.5, 0.6) is 5.75 Å². The summed E-state index contributed by atoms with van der Waals surface area (Å²) in [5, 5.41) is 8.41. The van der Waals surface area contributed by atoms with Crippen molar-refractivity contribution in [2.24, 2.45) is 0 Å². The van der Waals surface area contributed by atoms with Crippen LogP contribution >= 0.6 is 11.8 Å². The van der Waals surface area contributed by atoms with Crippen LogP contribution in [-0.4, -0.2) is 43.1 Å². The zero-order valence-corrected chi connectivity index (χ0v) is 12.0. The molecule has 1 aliphatic rings. The molecule has 1 aliphatic heterocycles. The zero-order chi connectivity index (χ0) is 14.4. The van der Waals surface area contributed by atoms with Crippen LogP contribution in [0.15, 0.2) is 24.3 Å². The van der Waals surface area contributed by atoms with Crippen LogP contribution in [0.4, 0.5) is 5.69 Å². The van der Waals surface area contributed by atoms with Crippen LogP contribution in [0.2, 0.25) is 0 Å². The number of hydrogen-bond donors (Lipinski definition) is 3. The van der Waals surface area contributed by atoms with Crippen LogP contribution in [0, 0.1) is 0 Å². The fourth-order valence-electron chi connectivity index (χ4n) is 1.68. The Kier molecular flexibility index (Phi) is 5.25. The third-order valence-corrected chi connectivity index (χ3v) is 3.72. The van der Waals surface area contributed by atoms with E-state index < -0.39 is 0 Å². The smallest absolute Gasteiger partial charge is 0.257 e. The summed E-state index contributed by atoms with van der Waals surface area (Å²) in [6.45, 7) is -0.0469. The molecule has 0 spiro atoms. The van der Waals surface area contributed by atoms with Crippen molar-refractivity contribution in [2.45, 2.75) is 6.04 Å². The Hall–Kier alpha value is -1.73. The first-order valence-corrected chi connectivity index (χ1v) is 7.40. The van der Waals surface area contributed by atoms with Crippen molar-refractivity contribution >= 4 is 29.3 Å². The topological polar surface area (TPSA) is 79.5 Å². The number of likely N-dealkylation sites (N-methyl/N-ethyl adjacent to an activating group) is 1. The standard InChI is InChI=1S/C13H17N3O3S/c1-14-12(17)6-19-10-4-2-3-9(5-10)16-13(18)11-7-20-8-15-11/h2-5,11,15H,6-8H2,1H3,(H,14,17)(H,16,18). The number of nitrogens with one attached hydrogen (secondary N) is 3. The van der Waals surface area contributed by atoms with Gasteiger partial charge in [-0.1, -0.05) is 6.07 Å². The van der Waals surface area contributed by atoms with Gasteiger partial charge in [0.2, 0.25) is 5.91 Å². The highest BCUT2D eigenvalue weighted by Crippen LogP contribution is 2.18. The SMILES string of the molecule is CNC(=O)COc1cccc(NC(=O)C2CSCN2)c1. The summed E-state index contributed by atoms with van der Waals surface area (Å²) >= 11 is 1.70. The molecule has 2 rings (SSSR count). The van der Waals surface area contributed by atoms with Gasteiger partial charge < -0.3 is 15.4 Å². The maximum absolute atomic E-state index is 11.9. The van der Waals surface area contributed by atoms with Crippen LogP contribution in [-0.2, 0) is 9.59 Å². The van der Waals surface area contributed by atoms with Gasteiger partial charge in [-0.25, -0.2) is 0 Å². The van der Waals surface area contributed by atoms with E-state index in [1.54, 1.807) is 43.1 Å². The highest BCUT2D eigenvalue weighted by atomic mass is 32.2. The van der Waals surface area contributed by atoms with E-state index in [9.17, 15) is 9.59 Å². The maximum Gasteiger partial charge on any atom is 0.257 e. The van der Waals surface area contributed by atoms with Gasteiger partial charge in [-0.15, -0.1) is 11.8 Å². The first-order chi connectivity index (χ1) is 9.69. The maximum atomic E-state index is 11.9. The molecule has 108 valence electrons. The van der Waals surface area contributed by atoms with Gasteiger partial charge in [0.05, 0.1) is 6.04 Å². The van der Waals surface area contributed by atoms with E-state index >= 15 is 0 Å². The number of amides is 2. The molecular formula is C13H17N3O3S. The summed E-state index contributed by atoms with van der Waals surface area (Å²) in [5.41, 5.74) is 0.656. The fourth-order valence-corrected chi connectivity index (χ4v) is 2.62. The number of benzene rings is 1. The predicted molar refractivity (Wildman–Crippen MR) is 78.9 cm³/mol. The van der Waals surface area contributed by atoms with Crippen molar-refractivity contribution in [3.8, 4) is 5.75 Å². The van der Waals surface area contributed by atoms with Crippen LogP contribution in [0.25, 0.3) is 0 Å². The van der Waals surface area contributed by atoms with Crippen molar-refractivity contribution < 1.29 is 14.3 Å². The van der Waals surface area contributed by atoms with E-state index in [0.717, 1.165) is 11.6 Å². The second-order valence-corrected chi connectivity index (χ2v) is 5.28. The van der Waals surface area contributed by atoms with Gasteiger partial charge in [0.1, 0.15) is 5.75 Å². The van der Waals surface area contributed by atoms with Gasteiger partial charge in [-0.05, 0) is 12.1 Å². The lowest BCUT2D eigenvalue weighted by Crippen LogP contribution is -2.37. The molecule has 0 aliphatic carbocycles. The quantitative estimate of drug-likeness (QED) is 0.733. The van der Waals surface area contributed by atoms with Gasteiger partial charge in [0.15, 0.2) is 6.61 Å². The van der Waals surface area contributed by atoms with Crippen LogP contribution in [0.3, 0.4) is 0 Å². The monoisotopic (exact) mass is 295 g/mol. The number of rotatable bonds is 5. The molecule has 0 aromatic heterocycles. The molecule has 0 bridgehead atoms. The Morgan fingerprint density at radius 3 is 3.05 bits per heavy atom. The predicted octanol–water partition coefficient (Wildman–Crippen LogP) is 0.412. The number of thioether (sulfide) groups is 1. The van der Waals surface area contributed by atoms with E-state index in [2.05, 4.69) is 16.0 Å². The molecule has 1 fully saturated rings. The molecule has 1 aromatic carbocycles. The first kappa shape index (κ1) is 14.7. The normalized spacial score (nSPS) is 17.6. The fraction of sp³-hybridized carbons (Fsp3) is 0.385. The van der Waals surface area contributed by atoms with Crippen LogP contribution < -0.4 is 20.7 Å². The van der Waals surface area contributed by atoms with Crippen molar-refractivity contribution in [1.82, 2.24) is 10.6 Å². The van der Waals surface area contributed by atoms with E-state index in [1.807, 2.05) is 0 Å². The molecule has 0 radical (unpaired) electrons. The van der Waals surface area contributed by atoms with Crippen molar-refractivity contribution in [2.75, 3.05) is 30.6 Å². The molecule has 1 unspecified atom stereocenters. The molecule has 1 saturated heterocycles. The second-order valence-electron chi connectivity index (χ2n) is 4.25. The molecule has 1 atom stereocenters.